The van der Waals surface area contributed by atoms with E-state index in [1.807, 2.05) is 30.0 Å². The van der Waals surface area contributed by atoms with Gasteiger partial charge in [-0.15, -0.1) is 0 Å². The summed E-state index contributed by atoms with van der Waals surface area (Å²) in [6, 6.07) is 5.81. The Morgan fingerprint density at radius 1 is 1.26 bits per heavy atom. The number of nitrogens with zero attached hydrogens (tertiary/aromatic N) is 1. The molecule has 19 heavy (non-hydrogen) atoms. The van der Waals surface area contributed by atoms with Gasteiger partial charge in [0.1, 0.15) is 0 Å². The molecule has 3 rings (SSSR count). The number of fused-ring (bicyclic) bond motifs is 1. The molecule has 2 aliphatic rings. The number of hydrogen-bond donors (Lipinski definition) is 0. The lowest BCUT2D eigenvalue weighted by molar-refractivity contribution is -0.122. The van der Waals surface area contributed by atoms with Gasteiger partial charge in [0, 0.05) is 24.4 Å². The third-order valence-electron chi connectivity index (χ3n) is 4.28. The van der Waals surface area contributed by atoms with Gasteiger partial charge in [0.25, 0.3) is 0 Å². The Labute approximate surface area is 113 Å². The number of amides is 1. The van der Waals surface area contributed by atoms with Crippen molar-refractivity contribution in [2.45, 2.75) is 39.0 Å². The van der Waals surface area contributed by atoms with Crippen molar-refractivity contribution in [3.8, 4) is 0 Å². The molecule has 0 saturated heterocycles. The SMILES string of the molecule is Cc1ccc2c(c1)C(=O)CCN2C(=O)C1CCCC1. The lowest BCUT2D eigenvalue weighted by Gasteiger charge is -2.31. The zero-order chi connectivity index (χ0) is 13.4. The standard InChI is InChI=1S/C16H19NO2/c1-11-6-7-14-13(10-11)15(18)8-9-17(14)16(19)12-4-2-3-5-12/h6-7,10,12H,2-5,8-9H2,1H3. The molecule has 0 N–H and O–H groups in total. The first-order valence-electron chi connectivity index (χ1n) is 7.12. The maximum absolute atomic E-state index is 12.6. The van der Waals surface area contributed by atoms with Crippen LogP contribution in [0.25, 0.3) is 0 Å². The quantitative estimate of drug-likeness (QED) is 0.775. The van der Waals surface area contributed by atoms with E-state index in [0.29, 0.717) is 13.0 Å². The third-order valence-corrected chi connectivity index (χ3v) is 4.28. The molecular weight excluding hydrogens is 238 g/mol. The molecule has 1 aliphatic carbocycles. The van der Waals surface area contributed by atoms with Gasteiger partial charge in [0.15, 0.2) is 5.78 Å². The maximum atomic E-state index is 12.6. The highest BCUT2D eigenvalue weighted by atomic mass is 16.2. The minimum atomic E-state index is 0.161. The predicted molar refractivity (Wildman–Crippen MR) is 74.4 cm³/mol. The summed E-state index contributed by atoms with van der Waals surface area (Å²) in [5, 5.41) is 0. The molecule has 0 atom stereocenters. The number of carbonyl (C=O) groups is 2. The van der Waals surface area contributed by atoms with Crippen LogP contribution in [0.15, 0.2) is 18.2 Å². The van der Waals surface area contributed by atoms with Crippen molar-refractivity contribution >= 4 is 17.4 Å². The number of carbonyl (C=O) groups excluding carboxylic acids is 2. The molecule has 1 aromatic rings. The first-order chi connectivity index (χ1) is 9.16. The third kappa shape index (κ3) is 2.18. The summed E-state index contributed by atoms with van der Waals surface area (Å²) in [5.41, 5.74) is 2.61. The fraction of sp³-hybridized carbons (Fsp3) is 0.500. The highest BCUT2D eigenvalue weighted by molar-refractivity contribution is 6.09. The van der Waals surface area contributed by atoms with Gasteiger partial charge in [-0.05, 0) is 31.9 Å². The summed E-state index contributed by atoms with van der Waals surface area (Å²) in [7, 11) is 0. The lowest BCUT2D eigenvalue weighted by Crippen LogP contribution is -2.40. The van der Waals surface area contributed by atoms with Crippen LogP contribution >= 0.6 is 0 Å². The smallest absolute Gasteiger partial charge is 0.230 e. The number of ketones is 1. The first kappa shape index (κ1) is 12.4. The molecule has 0 spiro atoms. The van der Waals surface area contributed by atoms with Gasteiger partial charge in [0.2, 0.25) is 5.91 Å². The van der Waals surface area contributed by atoms with E-state index in [2.05, 4.69) is 0 Å². The Balaban J connectivity index is 1.94. The van der Waals surface area contributed by atoms with Crippen LogP contribution in [-0.2, 0) is 4.79 Å². The van der Waals surface area contributed by atoms with E-state index in [4.69, 9.17) is 0 Å². The zero-order valence-electron chi connectivity index (χ0n) is 11.3. The Kier molecular flexibility index (Phi) is 3.13. The average Bonchev–Trinajstić information content (AvgIpc) is 2.93. The number of benzene rings is 1. The summed E-state index contributed by atoms with van der Waals surface area (Å²) in [6.45, 7) is 2.52. The largest absolute Gasteiger partial charge is 0.311 e. The van der Waals surface area contributed by atoms with Crippen LogP contribution in [0, 0.1) is 12.8 Å². The van der Waals surface area contributed by atoms with Crippen LogP contribution < -0.4 is 4.90 Å². The minimum Gasteiger partial charge on any atom is -0.311 e. The molecule has 0 radical (unpaired) electrons. The Bertz CT molecular complexity index is 530. The summed E-state index contributed by atoms with van der Waals surface area (Å²) < 4.78 is 0. The van der Waals surface area contributed by atoms with Crippen LogP contribution in [0.4, 0.5) is 5.69 Å². The molecule has 100 valence electrons. The van der Waals surface area contributed by atoms with Crippen LogP contribution in [0.2, 0.25) is 0 Å². The fourth-order valence-electron chi connectivity index (χ4n) is 3.20. The van der Waals surface area contributed by atoms with Gasteiger partial charge in [-0.25, -0.2) is 0 Å². The zero-order valence-corrected chi connectivity index (χ0v) is 11.3. The summed E-state index contributed by atoms with van der Waals surface area (Å²) >= 11 is 0. The highest BCUT2D eigenvalue weighted by Crippen LogP contribution is 2.33. The summed E-state index contributed by atoms with van der Waals surface area (Å²) in [6.07, 6.45) is 4.78. The van der Waals surface area contributed by atoms with Gasteiger partial charge in [-0.1, -0.05) is 24.5 Å². The molecule has 3 nitrogen and oxygen atoms in total. The second-order valence-corrected chi connectivity index (χ2v) is 5.67. The number of hydrogen-bond acceptors (Lipinski definition) is 2. The first-order valence-corrected chi connectivity index (χ1v) is 7.12. The Hall–Kier alpha value is -1.64. The topological polar surface area (TPSA) is 37.4 Å². The van der Waals surface area contributed by atoms with E-state index in [9.17, 15) is 9.59 Å². The van der Waals surface area contributed by atoms with Crippen molar-refractivity contribution in [3.05, 3.63) is 29.3 Å². The Morgan fingerprint density at radius 3 is 2.74 bits per heavy atom. The maximum Gasteiger partial charge on any atom is 0.230 e. The summed E-state index contributed by atoms with van der Waals surface area (Å²) in [4.78, 5) is 26.4. The molecule has 3 heteroatoms. The van der Waals surface area contributed by atoms with Gasteiger partial charge in [-0.2, -0.15) is 0 Å². The van der Waals surface area contributed by atoms with Crippen LogP contribution in [0.3, 0.4) is 0 Å². The molecule has 1 aromatic carbocycles. The van der Waals surface area contributed by atoms with Crippen molar-refractivity contribution in [3.63, 3.8) is 0 Å². The van der Waals surface area contributed by atoms with Gasteiger partial charge < -0.3 is 4.90 Å². The van der Waals surface area contributed by atoms with E-state index < -0.39 is 0 Å². The molecule has 0 aromatic heterocycles. The van der Waals surface area contributed by atoms with Crippen molar-refractivity contribution in [1.29, 1.82) is 0 Å². The second kappa shape index (κ2) is 4.80. The van der Waals surface area contributed by atoms with Crippen LogP contribution in [0.1, 0.15) is 48.0 Å². The van der Waals surface area contributed by atoms with Gasteiger partial charge in [0.05, 0.1) is 5.69 Å². The van der Waals surface area contributed by atoms with E-state index in [-0.39, 0.29) is 17.6 Å². The van der Waals surface area contributed by atoms with E-state index in [1.54, 1.807) is 0 Å². The second-order valence-electron chi connectivity index (χ2n) is 5.67. The molecule has 0 unspecified atom stereocenters. The van der Waals surface area contributed by atoms with Crippen molar-refractivity contribution < 1.29 is 9.59 Å². The minimum absolute atomic E-state index is 0.161. The highest BCUT2D eigenvalue weighted by Gasteiger charge is 2.32. The average molecular weight is 257 g/mol. The predicted octanol–water partition coefficient (Wildman–Crippen LogP) is 3.10. The van der Waals surface area contributed by atoms with Crippen LogP contribution in [-0.4, -0.2) is 18.2 Å². The molecule has 1 amide bonds. The van der Waals surface area contributed by atoms with Crippen molar-refractivity contribution in [1.82, 2.24) is 0 Å². The fourth-order valence-corrected chi connectivity index (χ4v) is 3.20. The van der Waals surface area contributed by atoms with Gasteiger partial charge >= 0.3 is 0 Å². The molecule has 1 heterocycles. The molecular formula is C16H19NO2. The lowest BCUT2D eigenvalue weighted by atomic mass is 9.96. The van der Waals surface area contributed by atoms with Gasteiger partial charge in [-0.3, -0.25) is 9.59 Å². The molecule has 1 aliphatic heterocycles. The monoisotopic (exact) mass is 257 g/mol. The summed E-state index contributed by atoms with van der Waals surface area (Å²) in [5.74, 6) is 0.548. The van der Waals surface area contributed by atoms with E-state index >= 15 is 0 Å². The van der Waals surface area contributed by atoms with Crippen molar-refractivity contribution in [2.24, 2.45) is 5.92 Å². The van der Waals surface area contributed by atoms with Crippen LogP contribution in [0.5, 0.6) is 0 Å². The Morgan fingerprint density at radius 2 is 2.00 bits per heavy atom. The molecule has 1 saturated carbocycles. The number of anilines is 1. The normalized spacial score (nSPS) is 19.6. The van der Waals surface area contributed by atoms with Crippen molar-refractivity contribution in [2.75, 3.05) is 11.4 Å². The van der Waals surface area contributed by atoms with E-state index in [1.165, 1.54) is 0 Å². The van der Waals surface area contributed by atoms with E-state index in [0.717, 1.165) is 42.5 Å². The molecule has 1 fully saturated rings. The number of rotatable bonds is 1. The number of Topliss-reactive ketones (excluding diaryl/α,β-unsaturated/α-hetero) is 1. The molecule has 0 bridgehead atoms. The number of aryl methyl sites for hydroxylation is 1.